The first-order valence-electron chi connectivity index (χ1n) is 15.3. The van der Waals surface area contributed by atoms with Crippen molar-refractivity contribution in [3.05, 3.63) is 172 Å². The number of carbonyl (C=O) groups is 1. The number of halogens is 1. The number of hydrogen-bond donors (Lipinski definition) is 2. The molecule has 2 atom stereocenters. The number of nitrogens with one attached hydrogen (secondary N) is 2. The van der Waals surface area contributed by atoms with E-state index >= 15 is 0 Å². The van der Waals surface area contributed by atoms with Gasteiger partial charge in [-0.25, -0.2) is 0 Å². The van der Waals surface area contributed by atoms with E-state index in [-0.39, 0.29) is 5.91 Å². The highest BCUT2D eigenvalue weighted by molar-refractivity contribution is 6.30. The third-order valence-corrected chi connectivity index (χ3v) is 8.83. The van der Waals surface area contributed by atoms with Crippen LogP contribution in [0.3, 0.4) is 0 Å². The number of aryl methyl sites for hydroxylation is 1. The fourth-order valence-electron chi connectivity index (χ4n) is 6.24. The molecule has 45 heavy (non-hydrogen) atoms. The van der Waals surface area contributed by atoms with E-state index in [0.29, 0.717) is 28.6 Å². The molecule has 5 aromatic rings. The predicted octanol–water partition coefficient (Wildman–Crippen LogP) is 8.92. The molecule has 2 N–H and O–H groups in total. The average molecular weight is 613 g/mol. The van der Waals surface area contributed by atoms with Crippen LogP contribution in [0.4, 0.5) is 5.69 Å². The van der Waals surface area contributed by atoms with Crippen molar-refractivity contribution in [1.82, 2.24) is 5.32 Å². The first-order chi connectivity index (χ1) is 22.2. The van der Waals surface area contributed by atoms with Gasteiger partial charge in [-0.1, -0.05) is 103 Å². The summed E-state index contributed by atoms with van der Waals surface area (Å²) in [6.45, 7) is 0.358. The lowest BCUT2D eigenvalue weighted by Gasteiger charge is -2.34. The Balaban J connectivity index is 1.21. The zero-order valence-corrected chi connectivity index (χ0v) is 25.5. The molecule has 0 bridgehead atoms. The fraction of sp³-hybridized carbons (Fsp3) is 0.154. The Morgan fingerprint density at radius 2 is 1.31 bits per heavy atom. The molecular weight excluding hydrogens is 580 g/mol. The van der Waals surface area contributed by atoms with Gasteiger partial charge in [0.25, 0.3) is 5.91 Å². The maximum absolute atomic E-state index is 13.7. The minimum atomic E-state index is -0.540. The maximum atomic E-state index is 13.7. The van der Waals surface area contributed by atoms with Gasteiger partial charge in [-0.3, -0.25) is 4.79 Å². The molecule has 0 radical (unpaired) electrons. The first-order valence-corrected chi connectivity index (χ1v) is 15.7. The molecular formula is C39H33ClN2O3. The molecule has 1 amide bonds. The average Bonchev–Trinajstić information content (AvgIpc) is 3.58. The van der Waals surface area contributed by atoms with Crippen LogP contribution in [0.1, 0.15) is 56.8 Å². The van der Waals surface area contributed by atoms with Crippen LogP contribution in [-0.2, 0) is 19.4 Å². The van der Waals surface area contributed by atoms with Gasteiger partial charge in [0.2, 0.25) is 0 Å². The van der Waals surface area contributed by atoms with Crippen molar-refractivity contribution in [3.8, 4) is 11.5 Å². The number of ether oxygens (including phenoxy) is 2. The zero-order chi connectivity index (χ0) is 30.6. The molecule has 0 saturated heterocycles. The number of para-hydroxylation sites is 2. The van der Waals surface area contributed by atoms with E-state index in [1.165, 1.54) is 11.1 Å². The molecule has 0 fully saturated rings. The van der Waals surface area contributed by atoms with Gasteiger partial charge in [-0.2, -0.15) is 0 Å². The van der Waals surface area contributed by atoms with E-state index in [1.807, 2.05) is 115 Å². The summed E-state index contributed by atoms with van der Waals surface area (Å²) < 4.78 is 13.1. The zero-order valence-electron chi connectivity index (χ0n) is 24.7. The fourth-order valence-corrected chi connectivity index (χ4v) is 6.57. The molecule has 0 aromatic heterocycles. The number of fused-ring (bicyclic) bond motifs is 2. The van der Waals surface area contributed by atoms with Crippen molar-refractivity contribution in [2.75, 3.05) is 5.32 Å². The Morgan fingerprint density at radius 3 is 2.04 bits per heavy atom. The molecule has 2 unspecified atom stereocenters. The summed E-state index contributed by atoms with van der Waals surface area (Å²) >= 11 is 7.25. The predicted molar refractivity (Wildman–Crippen MR) is 179 cm³/mol. The van der Waals surface area contributed by atoms with E-state index < -0.39 is 12.2 Å². The molecule has 2 aliphatic rings. The summed E-state index contributed by atoms with van der Waals surface area (Å²) in [5.41, 5.74) is 7.49. The number of rotatable bonds is 9. The number of benzene rings is 5. The van der Waals surface area contributed by atoms with Crippen LogP contribution in [0.25, 0.3) is 0 Å². The van der Waals surface area contributed by atoms with E-state index in [0.717, 1.165) is 47.4 Å². The molecule has 5 nitrogen and oxygen atoms in total. The van der Waals surface area contributed by atoms with Crippen molar-refractivity contribution in [1.29, 1.82) is 0 Å². The number of hydrogen-bond acceptors (Lipinski definition) is 4. The van der Waals surface area contributed by atoms with Gasteiger partial charge < -0.3 is 20.1 Å². The highest BCUT2D eigenvalue weighted by atomic mass is 35.5. The van der Waals surface area contributed by atoms with E-state index in [2.05, 4.69) is 22.8 Å². The van der Waals surface area contributed by atoms with Crippen LogP contribution in [0.2, 0.25) is 0 Å². The highest BCUT2D eigenvalue weighted by Gasteiger charge is 2.37. The number of anilines is 1. The number of carbonyl (C=O) groups excluding carboxylic acids is 1. The van der Waals surface area contributed by atoms with Gasteiger partial charge >= 0.3 is 0 Å². The van der Waals surface area contributed by atoms with Crippen LogP contribution in [-0.4, -0.2) is 5.91 Å². The van der Waals surface area contributed by atoms with Crippen LogP contribution < -0.4 is 20.1 Å². The molecule has 0 aliphatic heterocycles. The first kappa shape index (κ1) is 28.8. The van der Waals surface area contributed by atoms with Crippen molar-refractivity contribution >= 4 is 23.2 Å². The Labute approximate surface area is 268 Å². The minimum Gasteiger partial charge on any atom is -0.480 e. The van der Waals surface area contributed by atoms with Gasteiger partial charge in [0.05, 0.1) is 10.7 Å². The summed E-state index contributed by atoms with van der Waals surface area (Å²) in [6, 6.07) is 41.3. The Bertz CT molecular complexity index is 1860. The van der Waals surface area contributed by atoms with Crippen LogP contribution >= 0.6 is 11.6 Å². The quantitative estimate of drug-likeness (QED) is 0.174. The molecule has 0 heterocycles. The molecule has 6 heteroatoms. The van der Waals surface area contributed by atoms with Crippen molar-refractivity contribution < 1.29 is 14.3 Å². The Morgan fingerprint density at radius 1 is 0.689 bits per heavy atom. The summed E-state index contributed by atoms with van der Waals surface area (Å²) in [6.07, 6.45) is 2.10. The Hall–Kier alpha value is -5.00. The summed E-state index contributed by atoms with van der Waals surface area (Å²) in [7, 11) is 0. The van der Waals surface area contributed by atoms with Crippen molar-refractivity contribution in [2.24, 2.45) is 0 Å². The topological polar surface area (TPSA) is 59.6 Å². The lowest BCUT2D eigenvalue weighted by atomic mass is 9.89. The van der Waals surface area contributed by atoms with Crippen molar-refractivity contribution in [3.63, 3.8) is 0 Å². The smallest absolute Gasteiger partial charge is 0.256 e. The van der Waals surface area contributed by atoms with E-state index in [1.54, 1.807) is 0 Å². The molecule has 224 valence electrons. The van der Waals surface area contributed by atoms with Crippen LogP contribution in [0.5, 0.6) is 11.5 Å². The molecule has 0 saturated carbocycles. The second-order valence-electron chi connectivity index (χ2n) is 11.3. The van der Waals surface area contributed by atoms with E-state index in [4.69, 9.17) is 21.1 Å². The van der Waals surface area contributed by atoms with Gasteiger partial charge in [0, 0.05) is 28.9 Å². The second-order valence-corrected chi connectivity index (χ2v) is 11.7. The molecule has 2 aliphatic carbocycles. The monoisotopic (exact) mass is 612 g/mol. The van der Waals surface area contributed by atoms with Gasteiger partial charge in [0.1, 0.15) is 11.5 Å². The maximum Gasteiger partial charge on any atom is 0.256 e. The third kappa shape index (κ3) is 6.04. The molecule has 5 aromatic carbocycles. The SMILES string of the molecule is O=C(Nc1cccc2c1CCC2)c1ccccc1CNC1=C(Cl)C(Oc2ccccc2)c2ccccc2C1Oc1ccccc1. The van der Waals surface area contributed by atoms with E-state index in [9.17, 15) is 4.79 Å². The summed E-state index contributed by atoms with van der Waals surface area (Å²) in [4.78, 5) is 13.7. The lowest BCUT2D eigenvalue weighted by molar-refractivity contribution is 0.102. The highest BCUT2D eigenvalue weighted by Crippen LogP contribution is 2.45. The van der Waals surface area contributed by atoms with Gasteiger partial charge in [0.15, 0.2) is 12.2 Å². The molecule has 0 spiro atoms. The van der Waals surface area contributed by atoms with Gasteiger partial charge in [-0.15, -0.1) is 0 Å². The lowest BCUT2D eigenvalue weighted by Crippen LogP contribution is -2.31. The Kier molecular flexibility index (Phi) is 8.26. The number of amides is 1. The normalized spacial score (nSPS) is 16.8. The largest absolute Gasteiger partial charge is 0.480 e. The van der Waals surface area contributed by atoms with Gasteiger partial charge in [-0.05, 0) is 72.4 Å². The standard InChI is InChI=1S/C39H33ClN2O3/c40-35-36(41-25-27-13-7-8-20-31(27)39(43)42-34-24-12-15-26-14-11-23-30(26)34)38(45-29-18-5-2-6-19-29)33-22-10-9-21-32(33)37(35)44-28-16-3-1-4-17-28/h1-10,12-13,15-22,24,37-38,41H,11,14,23,25H2,(H,42,43). The molecule has 7 rings (SSSR count). The third-order valence-electron chi connectivity index (χ3n) is 8.43. The van der Waals surface area contributed by atoms with Crippen molar-refractivity contribution in [2.45, 2.75) is 38.0 Å². The van der Waals surface area contributed by atoms with Crippen LogP contribution in [0.15, 0.2) is 138 Å². The summed E-state index contributed by atoms with van der Waals surface area (Å²) in [5.74, 6) is 1.30. The van der Waals surface area contributed by atoms with Crippen LogP contribution in [0, 0.1) is 0 Å². The second kappa shape index (κ2) is 12.9. The summed E-state index contributed by atoms with van der Waals surface area (Å²) in [5, 5.41) is 7.26. The minimum absolute atomic E-state index is 0.135.